The molecule has 0 aliphatic rings. The van der Waals surface area contributed by atoms with E-state index in [9.17, 15) is 5.11 Å². The highest BCUT2D eigenvalue weighted by atomic mass is 16.3. The molecular weight excluding hydrogens is 202 g/mol. The predicted molar refractivity (Wildman–Crippen MR) is 62.9 cm³/mol. The Kier molecular flexibility index (Phi) is 3.74. The van der Waals surface area contributed by atoms with Gasteiger partial charge in [0.05, 0.1) is 5.60 Å². The van der Waals surface area contributed by atoms with Crippen molar-refractivity contribution >= 4 is 0 Å². The average molecular weight is 221 g/mol. The van der Waals surface area contributed by atoms with Gasteiger partial charge in [-0.25, -0.2) is 0 Å². The SMILES string of the molecule is Cc1c(CNCC(C)(C)O)cc(C#N)n1C. The summed E-state index contributed by atoms with van der Waals surface area (Å²) in [5, 5.41) is 21.6. The maximum Gasteiger partial charge on any atom is 0.120 e. The molecule has 0 amide bonds. The van der Waals surface area contributed by atoms with E-state index in [2.05, 4.69) is 11.4 Å². The van der Waals surface area contributed by atoms with Crippen LogP contribution in [0.3, 0.4) is 0 Å². The van der Waals surface area contributed by atoms with Crippen LogP contribution in [-0.4, -0.2) is 21.8 Å². The van der Waals surface area contributed by atoms with E-state index in [1.54, 1.807) is 13.8 Å². The Labute approximate surface area is 96.5 Å². The first-order valence-electron chi connectivity index (χ1n) is 5.33. The van der Waals surface area contributed by atoms with Crippen molar-refractivity contribution in [2.24, 2.45) is 7.05 Å². The van der Waals surface area contributed by atoms with E-state index >= 15 is 0 Å². The molecule has 0 saturated carbocycles. The molecule has 1 aromatic heterocycles. The highest BCUT2D eigenvalue weighted by Gasteiger charge is 2.13. The average Bonchev–Trinajstić information content (AvgIpc) is 2.44. The minimum atomic E-state index is -0.708. The lowest BCUT2D eigenvalue weighted by Crippen LogP contribution is -2.34. The number of aromatic nitrogens is 1. The van der Waals surface area contributed by atoms with Crippen LogP contribution in [0.4, 0.5) is 0 Å². The molecule has 0 bridgehead atoms. The lowest BCUT2D eigenvalue weighted by Gasteiger charge is -2.17. The van der Waals surface area contributed by atoms with E-state index in [-0.39, 0.29) is 0 Å². The predicted octanol–water partition coefficient (Wildman–Crippen LogP) is 1.07. The summed E-state index contributed by atoms with van der Waals surface area (Å²) in [4.78, 5) is 0. The van der Waals surface area contributed by atoms with Crippen molar-refractivity contribution in [2.75, 3.05) is 6.54 Å². The summed E-state index contributed by atoms with van der Waals surface area (Å²) in [5.74, 6) is 0. The second-order valence-electron chi connectivity index (χ2n) is 4.73. The van der Waals surface area contributed by atoms with E-state index in [4.69, 9.17) is 5.26 Å². The van der Waals surface area contributed by atoms with E-state index in [0.717, 1.165) is 11.3 Å². The fourth-order valence-corrected chi connectivity index (χ4v) is 1.55. The molecule has 0 aliphatic heterocycles. The van der Waals surface area contributed by atoms with Crippen LogP contribution in [0.25, 0.3) is 0 Å². The topological polar surface area (TPSA) is 61.0 Å². The summed E-state index contributed by atoms with van der Waals surface area (Å²) in [7, 11) is 1.88. The minimum absolute atomic E-state index is 0.531. The van der Waals surface area contributed by atoms with Crippen molar-refractivity contribution in [1.82, 2.24) is 9.88 Å². The first kappa shape index (κ1) is 12.8. The molecule has 0 spiro atoms. The third kappa shape index (κ3) is 3.09. The number of nitrogens with zero attached hydrogens (tertiary/aromatic N) is 2. The Hall–Kier alpha value is -1.31. The van der Waals surface area contributed by atoms with Gasteiger partial charge in [-0.1, -0.05) is 0 Å². The van der Waals surface area contributed by atoms with Crippen molar-refractivity contribution in [3.05, 3.63) is 23.0 Å². The van der Waals surface area contributed by atoms with Crippen LogP contribution in [0, 0.1) is 18.3 Å². The zero-order valence-electron chi connectivity index (χ0n) is 10.3. The highest BCUT2D eigenvalue weighted by molar-refractivity contribution is 5.34. The number of hydrogen-bond donors (Lipinski definition) is 2. The van der Waals surface area contributed by atoms with Gasteiger partial charge in [-0.2, -0.15) is 5.26 Å². The molecule has 16 heavy (non-hydrogen) atoms. The molecule has 0 unspecified atom stereocenters. The van der Waals surface area contributed by atoms with Crippen molar-refractivity contribution in [1.29, 1.82) is 5.26 Å². The van der Waals surface area contributed by atoms with E-state index in [1.165, 1.54) is 0 Å². The van der Waals surface area contributed by atoms with Crippen LogP contribution in [0.2, 0.25) is 0 Å². The Morgan fingerprint density at radius 3 is 2.62 bits per heavy atom. The summed E-state index contributed by atoms with van der Waals surface area (Å²) in [6, 6.07) is 4.03. The van der Waals surface area contributed by atoms with Crippen molar-refractivity contribution in [3.8, 4) is 6.07 Å². The van der Waals surface area contributed by atoms with Gasteiger partial charge in [0.15, 0.2) is 0 Å². The Balaban J connectivity index is 2.66. The molecule has 1 heterocycles. The molecule has 0 aromatic carbocycles. The molecule has 0 radical (unpaired) electrons. The monoisotopic (exact) mass is 221 g/mol. The number of nitriles is 1. The van der Waals surface area contributed by atoms with Gasteiger partial charge in [-0.05, 0) is 32.4 Å². The van der Waals surface area contributed by atoms with E-state index < -0.39 is 5.60 Å². The smallest absolute Gasteiger partial charge is 0.120 e. The maximum absolute atomic E-state index is 9.55. The molecule has 88 valence electrons. The molecule has 1 rings (SSSR count). The largest absolute Gasteiger partial charge is 0.389 e. The van der Waals surface area contributed by atoms with Crippen LogP contribution in [0.15, 0.2) is 6.07 Å². The summed E-state index contributed by atoms with van der Waals surface area (Å²) in [5.41, 5.74) is 2.14. The fraction of sp³-hybridized carbons (Fsp3) is 0.583. The lowest BCUT2D eigenvalue weighted by molar-refractivity contribution is 0.0795. The van der Waals surface area contributed by atoms with Crippen molar-refractivity contribution < 1.29 is 5.11 Å². The third-order valence-corrected chi connectivity index (χ3v) is 2.63. The van der Waals surface area contributed by atoms with Gasteiger partial charge in [0, 0.05) is 25.8 Å². The van der Waals surface area contributed by atoms with Gasteiger partial charge in [-0.3, -0.25) is 0 Å². The minimum Gasteiger partial charge on any atom is -0.389 e. The summed E-state index contributed by atoms with van der Waals surface area (Å²) < 4.78 is 1.88. The summed E-state index contributed by atoms with van der Waals surface area (Å²) in [6.07, 6.45) is 0. The molecule has 1 aromatic rings. The normalized spacial score (nSPS) is 11.5. The van der Waals surface area contributed by atoms with Crippen molar-refractivity contribution in [2.45, 2.75) is 32.9 Å². The van der Waals surface area contributed by atoms with Gasteiger partial charge in [0.25, 0.3) is 0 Å². The van der Waals surface area contributed by atoms with Crippen LogP contribution in [0.5, 0.6) is 0 Å². The van der Waals surface area contributed by atoms with Crippen molar-refractivity contribution in [3.63, 3.8) is 0 Å². The number of nitrogens with one attached hydrogen (secondary N) is 1. The molecule has 0 saturated heterocycles. The Morgan fingerprint density at radius 2 is 2.19 bits per heavy atom. The number of aliphatic hydroxyl groups is 1. The maximum atomic E-state index is 9.55. The Bertz CT molecular complexity index is 407. The lowest BCUT2D eigenvalue weighted by atomic mass is 10.1. The second kappa shape index (κ2) is 4.69. The second-order valence-corrected chi connectivity index (χ2v) is 4.73. The molecular formula is C12H19N3O. The fourth-order valence-electron chi connectivity index (χ4n) is 1.55. The first-order valence-corrected chi connectivity index (χ1v) is 5.33. The summed E-state index contributed by atoms with van der Waals surface area (Å²) in [6.45, 7) is 6.72. The van der Waals surface area contributed by atoms with Gasteiger partial charge in [0.1, 0.15) is 11.8 Å². The zero-order valence-corrected chi connectivity index (χ0v) is 10.3. The molecule has 0 atom stereocenters. The number of hydrogen-bond acceptors (Lipinski definition) is 3. The van der Waals surface area contributed by atoms with Gasteiger partial charge >= 0.3 is 0 Å². The zero-order chi connectivity index (χ0) is 12.3. The van der Waals surface area contributed by atoms with Crippen LogP contribution in [-0.2, 0) is 13.6 Å². The molecule has 0 aliphatic carbocycles. The number of rotatable bonds is 4. The Morgan fingerprint density at radius 1 is 1.56 bits per heavy atom. The molecule has 4 heteroatoms. The standard InChI is InChI=1S/C12H19N3O/c1-9-10(5-11(6-13)15(9)4)7-14-8-12(2,3)16/h5,14,16H,7-8H2,1-4H3. The summed E-state index contributed by atoms with van der Waals surface area (Å²) >= 11 is 0. The molecule has 0 fully saturated rings. The van der Waals surface area contributed by atoms with E-state index in [1.807, 2.05) is 24.6 Å². The third-order valence-electron chi connectivity index (χ3n) is 2.63. The quantitative estimate of drug-likeness (QED) is 0.799. The van der Waals surface area contributed by atoms with Gasteiger partial charge < -0.3 is 15.0 Å². The van der Waals surface area contributed by atoms with Gasteiger partial charge in [-0.15, -0.1) is 0 Å². The first-order chi connectivity index (χ1) is 7.35. The molecule has 2 N–H and O–H groups in total. The molecule has 4 nitrogen and oxygen atoms in total. The van der Waals surface area contributed by atoms with Crippen LogP contribution < -0.4 is 5.32 Å². The highest BCUT2D eigenvalue weighted by Crippen LogP contribution is 2.13. The van der Waals surface area contributed by atoms with Crippen LogP contribution in [0.1, 0.15) is 30.8 Å². The van der Waals surface area contributed by atoms with Gasteiger partial charge in [0.2, 0.25) is 0 Å². The van der Waals surface area contributed by atoms with E-state index in [0.29, 0.717) is 18.8 Å². The van der Waals surface area contributed by atoms with Crippen LogP contribution >= 0.6 is 0 Å².